The number of para-hydroxylation sites is 4. The maximum absolute atomic E-state index is 12.2. The largest absolute Gasteiger partial charge is 0.495 e. The zero-order chi connectivity index (χ0) is 18.2. The van der Waals surface area contributed by atoms with Gasteiger partial charge in [-0.2, -0.15) is 5.26 Å². The first-order valence-electron chi connectivity index (χ1n) is 7.11. The number of rotatable bonds is 6. The highest BCUT2D eigenvalue weighted by Crippen LogP contribution is 2.25. The number of methoxy groups -OCH3 is 1. The van der Waals surface area contributed by atoms with Crippen molar-refractivity contribution in [3.8, 4) is 11.8 Å². The molecule has 0 aliphatic heterocycles. The van der Waals surface area contributed by atoms with Crippen molar-refractivity contribution < 1.29 is 14.5 Å². The van der Waals surface area contributed by atoms with Crippen molar-refractivity contribution in [2.24, 2.45) is 0 Å². The summed E-state index contributed by atoms with van der Waals surface area (Å²) < 4.78 is 5.16. The number of nitro benzene ring substituents is 1. The average molecular weight is 338 g/mol. The van der Waals surface area contributed by atoms with Gasteiger partial charge in [0.25, 0.3) is 11.6 Å². The van der Waals surface area contributed by atoms with Gasteiger partial charge in [-0.05, 0) is 18.2 Å². The molecule has 8 heteroatoms. The molecule has 0 aromatic heterocycles. The summed E-state index contributed by atoms with van der Waals surface area (Å²) >= 11 is 0. The zero-order valence-electron chi connectivity index (χ0n) is 13.2. The molecule has 0 fully saturated rings. The van der Waals surface area contributed by atoms with Gasteiger partial charge in [0.2, 0.25) is 0 Å². The molecule has 2 N–H and O–H groups in total. The average Bonchev–Trinajstić information content (AvgIpc) is 2.62. The minimum atomic E-state index is -0.765. The first kappa shape index (κ1) is 17.5. The van der Waals surface area contributed by atoms with E-state index in [-0.39, 0.29) is 16.9 Å². The number of nitrogens with one attached hydrogen (secondary N) is 2. The van der Waals surface area contributed by atoms with Gasteiger partial charge in [0.05, 0.1) is 17.7 Å². The number of nitrogens with zero attached hydrogens (tertiary/aromatic N) is 2. The summed E-state index contributed by atoms with van der Waals surface area (Å²) in [6.45, 7) is 0. The van der Waals surface area contributed by atoms with E-state index in [1.165, 1.54) is 31.5 Å². The maximum Gasteiger partial charge on any atom is 0.292 e. The molecule has 0 bridgehead atoms. The van der Waals surface area contributed by atoms with Crippen LogP contribution in [0.25, 0.3) is 0 Å². The third kappa shape index (κ3) is 4.33. The number of hydrogen-bond donors (Lipinski definition) is 2. The Hall–Kier alpha value is -3.86. The predicted octanol–water partition coefficient (Wildman–Crippen LogP) is 3.06. The van der Waals surface area contributed by atoms with Crippen molar-refractivity contribution in [1.82, 2.24) is 0 Å². The number of ether oxygens (including phenoxy) is 1. The molecule has 2 aromatic carbocycles. The van der Waals surface area contributed by atoms with Crippen molar-refractivity contribution in [2.75, 3.05) is 17.7 Å². The summed E-state index contributed by atoms with van der Waals surface area (Å²) in [6.07, 6.45) is 1.21. The second kappa shape index (κ2) is 8.12. The highest BCUT2D eigenvalue weighted by Gasteiger charge is 2.17. The van der Waals surface area contributed by atoms with Crippen LogP contribution in [0.4, 0.5) is 17.1 Å². The van der Waals surface area contributed by atoms with Crippen LogP contribution in [0, 0.1) is 21.4 Å². The van der Waals surface area contributed by atoms with Crippen LogP contribution in [0.2, 0.25) is 0 Å². The molecule has 0 heterocycles. The molecule has 2 rings (SSSR count). The number of nitriles is 1. The molecular weight excluding hydrogens is 324 g/mol. The fourth-order valence-electron chi connectivity index (χ4n) is 1.99. The van der Waals surface area contributed by atoms with E-state index < -0.39 is 10.8 Å². The number of hydrogen-bond acceptors (Lipinski definition) is 6. The van der Waals surface area contributed by atoms with E-state index in [9.17, 15) is 20.2 Å². The number of nitro groups is 1. The van der Waals surface area contributed by atoms with Crippen LogP contribution in [-0.4, -0.2) is 17.9 Å². The van der Waals surface area contributed by atoms with Crippen LogP contribution in [0.5, 0.6) is 5.75 Å². The number of carbonyl (C=O) groups excluding carboxylic acids is 1. The standard InChI is InChI=1S/C17H14N4O4/c1-25-16-9-5-3-7-14(16)19-11-12(10-18)17(22)20-13-6-2-4-8-15(13)21(23)24/h2-9,11,19H,1H3,(H,20,22)/b12-11-. The van der Waals surface area contributed by atoms with E-state index >= 15 is 0 Å². The molecule has 0 atom stereocenters. The van der Waals surface area contributed by atoms with E-state index in [4.69, 9.17) is 4.74 Å². The monoisotopic (exact) mass is 338 g/mol. The highest BCUT2D eigenvalue weighted by molar-refractivity contribution is 6.07. The van der Waals surface area contributed by atoms with Crippen LogP contribution < -0.4 is 15.4 Å². The van der Waals surface area contributed by atoms with E-state index in [0.717, 1.165) is 0 Å². The van der Waals surface area contributed by atoms with Gasteiger partial charge in [-0.25, -0.2) is 0 Å². The molecule has 0 saturated carbocycles. The van der Waals surface area contributed by atoms with Crippen molar-refractivity contribution in [3.05, 3.63) is 70.4 Å². The lowest BCUT2D eigenvalue weighted by Crippen LogP contribution is -2.15. The van der Waals surface area contributed by atoms with Crippen LogP contribution in [-0.2, 0) is 4.79 Å². The van der Waals surface area contributed by atoms with E-state index in [2.05, 4.69) is 10.6 Å². The molecule has 1 amide bonds. The molecule has 0 unspecified atom stereocenters. The first-order chi connectivity index (χ1) is 12.1. The quantitative estimate of drug-likeness (QED) is 0.362. The third-order valence-corrected chi connectivity index (χ3v) is 3.19. The molecule has 126 valence electrons. The van der Waals surface area contributed by atoms with Gasteiger partial charge in [-0.1, -0.05) is 24.3 Å². The Morgan fingerprint density at radius 1 is 1.20 bits per heavy atom. The van der Waals surface area contributed by atoms with Gasteiger partial charge < -0.3 is 15.4 Å². The zero-order valence-corrected chi connectivity index (χ0v) is 13.2. The fraction of sp³-hybridized carbons (Fsp3) is 0.0588. The minimum Gasteiger partial charge on any atom is -0.495 e. The summed E-state index contributed by atoms with van der Waals surface area (Å²) in [7, 11) is 1.50. The van der Waals surface area contributed by atoms with Crippen molar-refractivity contribution in [3.63, 3.8) is 0 Å². The summed E-state index contributed by atoms with van der Waals surface area (Å²) in [4.78, 5) is 22.6. The topological polar surface area (TPSA) is 117 Å². The Bertz CT molecular complexity index is 871. The smallest absolute Gasteiger partial charge is 0.292 e. The van der Waals surface area contributed by atoms with Gasteiger partial charge in [-0.15, -0.1) is 0 Å². The second-order valence-electron chi connectivity index (χ2n) is 4.74. The Morgan fingerprint density at radius 2 is 1.84 bits per heavy atom. The number of amides is 1. The summed E-state index contributed by atoms with van der Waals surface area (Å²) in [5.41, 5.74) is 0.0714. The normalized spacial score (nSPS) is 10.5. The number of carbonyl (C=O) groups is 1. The molecular formula is C17H14N4O4. The molecule has 0 spiro atoms. The van der Waals surface area contributed by atoms with Gasteiger partial charge in [0.1, 0.15) is 23.1 Å². The molecule has 25 heavy (non-hydrogen) atoms. The van der Waals surface area contributed by atoms with Crippen molar-refractivity contribution >= 4 is 23.0 Å². The van der Waals surface area contributed by atoms with Crippen molar-refractivity contribution in [2.45, 2.75) is 0 Å². The van der Waals surface area contributed by atoms with E-state index in [1.54, 1.807) is 36.4 Å². The molecule has 0 aliphatic carbocycles. The first-order valence-corrected chi connectivity index (χ1v) is 7.11. The van der Waals surface area contributed by atoms with Crippen molar-refractivity contribution in [1.29, 1.82) is 5.26 Å². The third-order valence-electron chi connectivity index (χ3n) is 3.19. The summed E-state index contributed by atoms with van der Waals surface area (Å²) in [6, 6.07) is 14.4. The summed E-state index contributed by atoms with van der Waals surface area (Å²) in [5, 5.41) is 25.3. The van der Waals surface area contributed by atoms with E-state index in [0.29, 0.717) is 11.4 Å². The number of benzene rings is 2. The Kier molecular flexibility index (Phi) is 5.68. The van der Waals surface area contributed by atoms with Crippen LogP contribution in [0.15, 0.2) is 60.3 Å². The Labute approximate surface area is 143 Å². The molecule has 8 nitrogen and oxygen atoms in total. The molecule has 0 aliphatic rings. The van der Waals surface area contributed by atoms with Gasteiger partial charge in [-0.3, -0.25) is 14.9 Å². The number of anilines is 2. The lowest BCUT2D eigenvalue weighted by molar-refractivity contribution is -0.383. The lowest BCUT2D eigenvalue weighted by Gasteiger charge is -2.08. The second-order valence-corrected chi connectivity index (χ2v) is 4.74. The Balaban J connectivity index is 2.19. The Morgan fingerprint density at radius 3 is 2.48 bits per heavy atom. The van der Waals surface area contributed by atoms with Gasteiger partial charge in [0.15, 0.2) is 0 Å². The lowest BCUT2D eigenvalue weighted by atomic mass is 10.2. The van der Waals surface area contributed by atoms with E-state index in [1.807, 2.05) is 0 Å². The van der Waals surface area contributed by atoms with Crippen LogP contribution in [0.3, 0.4) is 0 Å². The fourth-order valence-corrected chi connectivity index (χ4v) is 1.99. The minimum absolute atomic E-state index is 0.0101. The SMILES string of the molecule is COc1ccccc1N/C=C(/C#N)C(=O)Nc1ccccc1[N+](=O)[O-]. The maximum atomic E-state index is 12.2. The van der Waals surface area contributed by atoms with Gasteiger partial charge >= 0.3 is 0 Å². The summed E-state index contributed by atoms with van der Waals surface area (Å²) in [5.74, 6) is -0.227. The van der Waals surface area contributed by atoms with Crippen LogP contribution in [0.1, 0.15) is 0 Å². The predicted molar refractivity (Wildman–Crippen MR) is 92.0 cm³/mol. The highest BCUT2D eigenvalue weighted by atomic mass is 16.6. The molecule has 0 saturated heterocycles. The molecule has 2 aromatic rings. The van der Waals surface area contributed by atoms with Gasteiger partial charge in [0, 0.05) is 12.3 Å². The molecule has 0 radical (unpaired) electrons. The van der Waals surface area contributed by atoms with Crippen LogP contribution >= 0.6 is 0 Å².